The third kappa shape index (κ3) is 2.97. The molecule has 0 bridgehead atoms. The van der Waals surface area contributed by atoms with Crippen LogP contribution in [0.4, 0.5) is 0 Å². The summed E-state index contributed by atoms with van der Waals surface area (Å²) in [5.74, 6) is -0.347. The van der Waals surface area contributed by atoms with E-state index in [0.717, 1.165) is 18.4 Å². The van der Waals surface area contributed by atoms with Gasteiger partial charge in [0.05, 0.1) is 5.02 Å². The summed E-state index contributed by atoms with van der Waals surface area (Å²) in [5.41, 5.74) is 1.40. The number of aryl methyl sites for hydroxylation is 1. The minimum Gasteiger partial charge on any atom is -0.388 e. The molecule has 1 N–H and O–H groups in total. The van der Waals surface area contributed by atoms with Crippen molar-refractivity contribution in [2.45, 2.75) is 24.7 Å². The van der Waals surface area contributed by atoms with Crippen LogP contribution in [-0.2, 0) is 6.42 Å². The maximum atomic E-state index is 11.4. The fraction of sp³-hybridized carbons (Fsp3) is 0.364. The number of ketones is 1. The van der Waals surface area contributed by atoms with Gasteiger partial charge in [-0.2, -0.15) is 0 Å². The summed E-state index contributed by atoms with van der Waals surface area (Å²) in [7, 11) is 0. The van der Waals surface area contributed by atoms with Gasteiger partial charge in [-0.15, -0.1) is 12.6 Å². The fourth-order valence-corrected chi connectivity index (χ4v) is 1.88. The van der Waals surface area contributed by atoms with Crippen LogP contribution >= 0.6 is 24.2 Å². The van der Waals surface area contributed by atoms with E-state index in [1.807, 2.05) is 6.07 Å². The van der Waals surface area contributed by atoms with Crippen LogP contribution in [0.15, 0.2) is 17.0 Å². The van der Waals surface area contributed by atoms with Crippen LogP contribution in [0, 0.1) is 0 Å². The number of carbonyl (C=O) groups is 1. The number of aliphatic hydroxyl groups excluding tert-OH is 1. The highest BCUT2D eigenvalue weighted by Gasteiger charge is 2.12. The average Bonchev–Trinajstić information content (AvgIpc) is 2.22. The number of hydrogen-bond donors (Lipinski definition) is 2. The summed E-state index contributed by atoms with van der Waals surface area (Å²) >= 11 is 10.1. The van der Waals surface area contributed by atoms with Gasteiger partial charge in [0.2, 0.25) is 0 Å². The topological polar surface area (TPSA) is 37.3 Å². The smallest absolute Gasteiger partial charge is 0.189 e. The van der Waals surface area contributed by atoms with Crippen molar-refractivity contribution in [2.75, 3.05) is 6.61 Å². The van der Waals surface area contributed by atoms with Crippen molar-refractivity contribution in [1.29, 1.82) is 0 Å². The molecule has 0 saturated heterocycles. The number of halogens is 1. The number of carbonyl (C=O) groups excluding carboxylic acids is 1. The molecule has 4 heteroatoms. The molecule has 0 radical (unpaired) electrons. The van der Waals surface area contributed by atoms with Crippen LogP contribution in [-0.4, -0.2) is 17.5 Å². The summed E-state index contributed by atoms with van der Waals surface area (Å²) in [6.07, 6.45) is 1.84. The number of Topliss-reactive ketones (excluding diaryl/α,β-unsaturated/α-hetero) is 1. The van der Waals surface area contributed by atoms with Gasteiger partial charge in [0.1, 0.15) is 6.61 Å². The van der Waals surface area contributed by atoms with Gasteiger partial charge >= 0.3 is 0 Å². The van der Waals surface area contributed by atoms with Gasteiger partial charge in [0.15, 0.2) is 5.78 Å². The SMILES string of the molecule is CCCc1cc(Cl)c(S)c(C(=O)CO)c1. The molecule has 15 heavy (non-hydrogen) atoms. The molecule has 0 amide bonds. The van der Waals surface area contributed by atoms with Crippen molar-refractivity contribution in [3.63, 3.8) is 0 Å². The number of thiol groups is 1. The zero-order chi connectivity index (χ0) is 11.4. The minimum absolute atomic E-state index is 0.347. The Bertz CT molecular complexity index is 377. The Kier molecular flexibility index (Phi) is 4.64. The summed E-state index contributed by atoms with van der Waals surface area (Å²) in [6, 6.07) is 3.55. The number of rotatable bonds is 4. The summed E-state index contributed by atoms with van der Waals surface area (Å²) < 4.78 is 0. The van der Waals surface area contributed by atoms with E-state index < -0.39 is 6.61 Å². The molecule has 1 aromatic rings. The molecule has 1 aromatic carbocycles. The van der Waals surface area contributed by atoms with Crippen molar-refractivity contribution in [3.05, 3.63) is 28.3 Å². The normalized spacial score (nSPS) is 10.4. The predicted molar refractivity (Wildman–Crippen MR) is 64.1 cm³/mol. The predicted octanol–water partition coefficient (Wildman–Crippen LogP) is 2.76. The summed E-state index contributed by atoms with van der Waals surface area (Å²) in [5, 5.41) is 9.26. The number of benzene rings is 1. The minimum atomic E-state index is -0.514. The molecule has 0 aliphatic rings. The molecule has 0 unspecified atom stereocenters. The van der Waals surface area contributed by atoms with E-state index in [-0.39, 0.29) is 5.78 Å². The third-order valence-electron chi connectivity index (χ3n) is 2.11. The number of hydrogen-bond acceptors (Lipinski definition) is 3. The first-order valence-electron chi connectivity index (χ1n) is 4.75. The Balaban J connectivity index is 3.18. The second-order valence-electron chi connectivity index (χ2n) is 3.31. The quantitative estimate of drug-likeness (QED) is 0.631. The third-order valence-corrected chi connectivity index (χ3v) is 3.02. The van der Waals surface area contributed by atoms with Gasteiger partial charge in [-0.25, -0.2) is 0 Å². The van der Waals surface area contributed by atoms with Crippen LogP contribution < -0.4 is 0 Å². The van der Waals surface area contributed by atoms with E-state index in [4.69, 9.17) is 16.7 Å². The zero-order valence-electron chi connectivity index (χ0n) is 8.46. The van der Waals surface area contributed by atoms with Gasteiger partial charge in [0, 0.05) is 10.5 Å². The van der Waals surface area contributed by atoms with Crippen molar-refractivity contribution >= 4 is 30.0 Å². The lowest BCUT2D eigenvalue weighted by atomic mass is 10.0. The van der Waals surface area contributed by atoms with E-state index in [1.54, 1.807) is 6.07 Å². The molecule has 2 nitrogen and oxygen atoms in total. The molecule has 0 spiro atoms. The van der Waals surface area contributed by atoms with Crippen molar-refractivity contribution in [1.82, 2.24) is 0 Å². The highest BCUT2D eigenvalue weighted by molar-refractivity contribution is 7.80. The first-order valence-corrected chi connectivity index (χ1v) is 5.58. The molecule has 0 aromatic heterocycles. The van der Waals surface area contributed by atoms with Crippen LogP contribution in [0.2, 0.25) is 5.02 Å². The van der Waals surface area contributed by atoms with E-state index in [9.17, 15) is 4.79 Å². The number of aliphatic hydroxyl groups is 1. The van der Waals surface area contributed by atoms with E-state index >= 15 is 0 Å². The Morgan fingerprint density at radius 3 is 2.73 bits per heavy atom. The average molecular weight is 245 g/mol. The van der Waals surface area contributed by atoms with Gasteiger partial charge in [-0.1, -0.05) is 24.9 Å². The molecule has 1 rings (SSSR count). The molecule has 0 atom stereocenters. The lowest BCUT2D eigenvalue weighted by Crippen LogP contribution is -2.06. The van der Waals surface area contributed by atoms with Crippen molar-refractivity contribution in [2.24, 2.45) is 0 Å². The van der Waals surface area contributed by atoms with Gasteiger partial charge in [-0.05, 0) is 24.1 Å². The molecule has 82 valence electrons. The van der Waals surface area contributed by atoms with Crippen molar-refractivity contribution in [3.8, 4) is 0 Å². The maximum Gasteiger partial charge on any atom is 0.189 e. The molecule has 0 heterocycles. The molecule has 0 aliphatic carbocycles. The Labute approximate surface area is 99.7 Å². The molecule has 0 fully saturated rings. The van der Waals surface area contributed by atoms with E-state index in [2.05, 4.69) is 19.6 Å². The Morgan fingerprint density at radius 2 is 2.20 bits per heavy atom. The van der Waals surface area contributed by atoms with Crippen LogP contribution in [0.1, 0.15) is 29.3 Å². The Hall–Kier alpha value is -0.510. The summed E-state index contributed by atoms with van der Waals surface area (Å²) in [6.45, 7) is 1.54. The second-order valence-corrected chi connectivity index (χ2v) is 4.16. The first kappa shape index (κ1) is 12.6. The Morgan fingerprint density at radius 1 is 1.53 bits per heavy atom. The maximum absolute atomic E-state index is 11.4. The first-order chi connectivity index (χ1) is 7.10. The summed E-state index contributed by atoms with van der Waals surface area (Å²) in [4.78, 5) is 11.8. The van der Waals surface area contributed by atoms with Crippen LogP contribution in [0.3, 0.4) is 0 Å². The van der Waals surface area contributed by atoms with Crippen LogP contribution in [0.25, 0.3) is 0 Å². The van der Waals surface area contributed by atoms with Crippen LogP contribution in [0.5, 0.6) is 0 Å². The highest BCUT2D eigenvalue weighted by atomic mass is 35.5. The fourth-order valence-electron chi connectivity index (χ4n) is 1.39. The van der Waals surface area contributed by atoms with Gasteiger partial charge in [0.25, 0.3) is 0 Å². The largest absolute Gasteiger partial charge is 0.388 e. The highest BCUT2D eigenvalue weighted by Crippen LogP contribution is 2.27. The van der Waals surface area contributed by atoms with Gasteiger partial charge in [-0.3, -0.25) is 4.79 Å². The van der Waals surface area contributed by atoms with Gasteiger partial charge < -0.3 is 5.11 Å². The second kappa shape index (κ2) is 5.54. The molecule has 0 saturated carbocycles. The molecular weight excluding hydrogens is 232 g/mol. The molecular formula is C11H13ClO2S. The lowest BCUT2D eigenvalue weighted by molar-refractivity contribution is 0.0900. The monoisotopic (exact) mass is 244 g/mol. The lowest BCUT2D eigenvalue weighted by Gasteiger charge is -2.08. The standard InChI is InChI=1S/C11H13ClO2S/c1-2-3-7-4-8(10(14)6-13)11(15)9(12)5-7/h4-5,13,15H,2-3,6H2,1H3. The molecule has 0 aliphatic heterocycles. The van der Waals surface area contributed by atoms with E-state index in [1.165, 1.54) is 0 Å². The zero-order valence-corrected chi connectivity index (χ0v) is 10.1. The van der Waals surface area contributed by atoms with E-state index in [0.29, 0.717) is 15.5 Å². The van der Waals surface area contributed by atoms with Crippen molar-refractivity contribution < 1.29 is 9.90 Å².